The predicted octanol–water partition coefficient (Wildman–Crippen LogP) is 1.11. The third kappa shape index (κ3) is 4.61. The highest BCUT2D eigenvalue weighted by Crippen LogP contribution is 2.28. The van der Waals surface area contributed by atoms with Gasteiger partial charge in [0.05, 0.1) is 11.1 Å². The van der Waals surface area contributed by atoms with Gasteiger partial charge >= 0.3 is 6.03 Å². The molecule has 34 heavy (non-hydrogen) atoms. The molecule has 0 bridgehead atoms. The Balaban J connectivity index is 1.31. The van der Waals surface area contributed by atoms with Crippen molar-refractivity contribution in [2.45, 2.75) is 31.7 Å². The van der Waals surface area contributed by atoms with Crippen molar-refractivity contribution in [2.75, 3.05) is 11.9 Å². The third-order valence-corrected chi connectivity index (χ3v) is 5.56. The molecule has 3 N–H and O–H groups in total. The Kier molecular flexibility index (Phi) is 6.31. The van der Waals surface area contributed by atoms with E-state index in [1.54, 1.807) is 24.3 Å². The van der Waals surface area contributed by atoms with Crippen LogP contribution in [-0.4, -0.2) is 52.1 Å². The molecule has 0 spiro atoms. The van der Waals surface area contributed by atoms with Gasteiger partial charge in [-0.25, -0.2) is 9.78 Å². The number of aromatic nitrogens is 1. The SMILES string of the molecule is N#Cc1cc(NC(=O)NCCCc2ccc3c(c2)C(=O)N(C2CCC(=O)NC2=O)C3=O)ccn1. The number of hydrogen-bond donors (Lipinski definition) is 3. The lowest BCUT2D eigenvalue weighted by Crippen LogP contribution is -2.54. The number of nitrogens with zero attached hydrogens (tertiary/aromatic N) is 3. The molecule has 3 heterocycles. The van der Waals surface area contributed by atoms with Crippen molar-refractivity contribution in [2.24, 2.45) is 0 Å². The van der Waals surface area contributed by atoms with Crippen LogP contribution >= 0.6 is 0 Å². The summed E-state index contributed by atoms with van der Waals surface area (Å²) < 4.78 is 0. The standard InChI is InChI=1S/C23H20N6O5/c24-12-15-11-14(7-9-25-15)27-23(34)26-8-1-2-13-3-4-16-17(10-13)22(33)29(21(16)32)18-5-6-19(30)28-20(18)31/h3-4,7,9-11,18H,1-2,5-6,8H2,(H,28,30,31)(H2,25,26,27,34). The Morgan fingerprint density at radius 2 is 1.94 bits per heavy atom. The smallest absolute Gasteiger partial charge is 0.319 e. The summed E-state index contributed by atoms with van der Waals surface area (Å²) in [5.41, 5.74) is 1.90. The maximum absolute atomic E-state index is 12.9. The van der Waals surface area contributed by atoms with E-state index >= 15 is 0 Å². The van der Waals surface area contributed by atoms with Crippen LogP contribution < -0.4 is 16.0 Å². The summed E-state index contributed by atoms with van der Waals surface area (Å²) in [7, 11) is 0. The molecule has 2 aliphatic rings. The maximum Gasteiger partial charge on any atom is 0.319 e. The zero-order valence-electron chi connectivity index (χ0n) is 18.0. The lowest BCUT2D eigenvalue weighted by molar-refractivity contribution is -0.136. The number of amides is 6. The lowest BCUT2D eigenvalue weighted by atomic mass is 10.0. The predicted molar refractivity (Wildman–Crippen MR) is 117 cm³/mol. The van der Waals surface area contributed by atoms with Crippen molar-refractivity contribution in [3.05, 3.63) is 58.9 Å². The third-order valence-electron chi connectivity index (χ3n) is 5.56. The van der Waals surface area contributed by atoms with Gasteiger partial charge in [-0.15, -0.1) is 0 Å². The minimum Gasteiger partial charge on any atom is -0.338 e. The second-order valence-corrected chi connectivity index (χ2v) is 7.85. The van der Waals surface area contributed by atoms with E-state index < -0.39 is 35.7 Å². The zero-order valence-corrected chi connectivity index (χ0v) is 18.0. The highest BCUT2D eigenvalue weighted by molar-refractivity contribution is 6.23. The molecule has 2 aromatic rings. The van der Waals surface area contributed by atoms with E-state index in [0.29, 0.717) is 25.1 Å². The van der Waals surface area contributed by atoms with Crippen LogP contribution in [0, 0.1) is 11.3 Å². The molecule has 1 atom stereocenters. The first kappa shape index (κ1) is 22.6. The van der Waals surface area contributed by atoms with Gasteiger partial charge in [0.1, 0.15) is 17.8 Å². The van der Waals surface area contributed by atoms with Crippen molar-refractivity contribution in [1.29, 1.82) is 5.26 Å². The molecule has 11 nitrogen and oxygen atoms in total. The van der Waals surface area contributed by atoms with Gasteiger partial charge in [-0.05, 0) is 49.1 Å². The fraction of sp³-hybridized carbons (Fsp3) is 0.261. The number of carbonyl (C=O) groups excluding carboxylic acids is 5. The van der Waals surface area contributed by atoms with Crippen molar-refractivity contribution in [3.8, 4) is 6.07 Å². The van der Waals surface area contributed by atoms with Crippen molar-refractivity contribution in [1.82, 2.24) is 20.5 Å². The maximum atomic E-state index is 12.9. The van der Waals surface area contributed by atoms with Gasteiger partial charge in [0, 0.05) is 24.8 Å². The van der Waals surface area contributed by atoms with Crippen LogP contribution in [0.3, 0.4) is 0 Å². The highest BCUT2D eigenvalue weighted by Gasteiger charge is 2.44. The molecule has 6 amide bonds. The summed E-state index contributed by atoms with van der Waals surface area (Å²) in [6.07, 6.45) is 2.71. The van der Waals surface area contributed by atoms with Crippen LogP contribution in [0.5, 0.6) is 0 Å². The number of anilines is 1. The first-order valence-electron chi connectivity index (χ1n) is 10.6. The first-order chi connectivity index (χ1) is 16.4. The molecule has 0 saturated carbocycles. The number of rotatable bonds is 6. The largest absolute Gasteiger partial charge is 0.338 e. The minimum absolute atomic E-state index is 0.0658. The quantitative estimate of drug-likeness (QED) is 0.430. The number of piperidine rings is 1. The number of urea groups is 1. The van der Waals surface area contributed by atoms with Gasteiger partial charge < -0.3 is 10.6 Å². The van der Waals surface area contributed by atoms with Gasteiger partial charge in [0.25, 0.3) is 11.8 Å². The van der Waals surface area contributed by atoms with Crippen LogP contribution in [0.4, 0.5) is 10.5 Å². The second kappa shape index (κ2) is 9.50. The molecule has 1 unspecified atom stereocenters. The summed E-state index contributed by atoms with van der Waals surface area (Å²) in [6.45, 7) is 0.356. The highest BCUT2D eigenvalue weighted by atomic mass is 16.2. The fourth-order valence-corrected chi connectivity index (χ4v) is 3.91. The van der Waals surface area contributed by atoms with E-state index in [0.717, 1.165) is 10.5 Å². The Hall–Kier alpha value is -4.59. The monoisotopic (exact) mass is 460 g/mol. The van der Waals surface area contributed by atoms with Crippen LogP contribution in [0.25, 0.3) is 0 Å². The Morgan fingerprint density at radius 3 is 2.71 bits per heavy atom. The summed E-state index contributed by atoms with van der Waals surface area (Å²) in [5.74, 6) is -2.17. The summed E-state index contributed by atoms with van der Waals surface area (Å²) in [4.78, 5) is 65.9. The molecular formula is C23H20N6O5. The van der Waals surface area contributed by atoms with E-state index in [1.807, 2.05) is 6.07 Å². The lowest BCUT2D eigenvalue weighted by Gasteiger charge is -2.27. The number of imide groups is 2. The summed E-state index contributed by atoms with van der Waals surface area (Å²) in [6, 6.07) is 8.42. The molecule has 0 radical (unpaired) electrons. The molecule has 0 aliphatic carbocycles. The normalized spacial score (nSPS) is 17.1. The van der Waals surface area contributed by atoms with E-state index in [1.165, 1.54) is 12.3 Å². The average molecular weight is 460 g/mol. The Bertz CT molecular complexity index is 1250. The number of hydrogen-bond acceptors (Lipinski definition) is 7. The number of pyridine rings is 1. The summed E-state index contributed by atoms with van der Waals surface area (Å²) >= 11 is 0. The average Bonchev–Trinajstić information content (AvgIpc) is 3.06. The fourth-order valence-electron chi connectivity index (χ4n) is 3.91. The molecule has 2 aliphatic heterocycles. The molecule has 11 heteroatoms. The Labute approximate surface area is 194 Å². The first-order valence-corrected chi connectivity index (χ1v) is 10.6. The molecule has 4 rings (SSSR count). The van der Waals surface area contributed by atoms with Gasteiger partial charge in [-0.3, -0.25) is 29.4 Å². The van der Waals surface area contributed by atoms with Crippen LogP contribution in [0.1, 0.15) is 51.2 Å². The number of nitrogens with one attached hydrogen (secondary N) is 3. The van der Waals surface area contributed by atoms with E-state index in [-0.39, 0.29) is 29.7 Å². The number of aryl methyl sites for hydroxylation is 1. The topological polar surface area (TPSA) is 161 Å². The molecule has 1 saturated heterocycles. The van der Waals surface area contributed by atoms with Crippen LogP contribution in [-0.2, 0) is 16.0 Å². The Morgan fingerprint density at radius 1 is 1.15 bits per heavy atom. The molecule has 1 fully saturated rings. The number of benzene rings is 1. The second-order valence-electron chi connectivity index (χ2n) is 7.85. The number of nitriles is 1. The molecule has 1 aromatic heterocycles. The number of carbonyl (C=O) groups is 5. The molecule has 1 aromatic carbocycles. The summed E-state index contributed by atoms with van der Waals surface area (Å²) in [5, 5.41) is 16.4. The van der Waals surface area contributed by atoms with E-state index in [2.05, 4.69) is 20.9 Å². The van der Waals surface area contributed by atoms with Crippen LogP contribution in [0.2, 0.25) is 0 Å². The van der Waals surface area contributed by atoms with Crippen molar-refractivity contribution in [3.63, 3.8) is 0 Å². The van der Waals surface area contributed by atoms with Crippen molar-refractivity contribution >= 4 is 35.3 Å². The van der Waals surface area contributed by atoms with Crippen molar-refractivity contribution < 1.29 is 24.0 Å². The minimum atomic E-state index is -0.999. The molecule has 172 valence electrons. The van der Waals surface area contributed by atoms with E-state index in [4.69, 9.17) is 5.26 Å². The van der Waals surface area contributed by atoms with Gasteiger partial charge in [-0.1, -0.05) is 6.07 Å². The van der Waals surface area contributed by atoms with Gasteiger partial charge in [0.2, 0.25) is 11.8 Å². The van der Waals surface area contributed by atoms with E-state index in [9.17, 15) is 24.0 Å². The van der Waals surface area contributed by atoms with Gasteiger partial charge in [0.15, 0.2) is 0 Å². The van der Waals surface area contributed by atoms with Gasteiger partial charge in [-0.2, -0.15) is 5.26 Å². The number of fused-ring (bicyclic) bond motifs is 1. The zero-order chi connectivity index (χ0) is 24.2. The van der Waals surface area contributed by atoms with Crippen LogP contribution in [0.15, 0.2) is 36.5 Å². The molecular weight excluding hydrogens is 440 g/mol.